The average molecular weight is 257 g/mol. The topological polar surface area (TPSA) is 15.3 Å². The molecule has 1 N–H and O–H groups in total. The number of aryl methyl sites for hydroxylation is 1. The zero-order valence-corrected chi connectivity index (χ0v) is 12.2. The van der Waals surface area contributed by atoms with Crippen LogP contribution in [0.1, 0.15) is 24.5 Å². The highest BCUT2D eigenvalue weighted by atomic mass is 35.5. The largest absolute Gasteiger partial charge is 0.311 e. The van der Waals surface area contributed by atoms with Gasteiger partial charge in [-0.05, 0) is 33.0 Å². The lowest BCUT2D eigenvalue weighted by Crippen LogP contribution is -2.37. The van der Waals surface area contributed by atoms with Crippen molar-refractivity contribution in [1.29, 1.82) is 0 Å². The van der Waals surface area contributed by atoms with Gasteiger partial charge in [-0.2, -0.15) is 0 Å². The maximum Gasteiger partial charge on any atom is 0.0212 e. The molecule has 0 aliphatic heterocycles. The van der Waals surface area contributed by atoms with Gasteiger partial charge in [0.25, 0.3) is 0 Å². The number of nitrogens with one attached hydrogen (secondary N) is 1. The first-order valence-electron chi connectivity index (χ1n) is 6.06. The van der Waals surface area contributed by atoms with Crippen LogP contribution in [0, 0.1) is 6.92 Å². The van der Waals surface area contributed by atoms with E-state index in [2.05, 4.69) is 62.4 Å². The van der Waals surface area contributed by atoms with E-state index in [-0.39, 0.29) is 12.4 Å². The highest BCUT2D eigenvalue weighted by Crippen LogP contribution is 2.03. The Morgan fingerprint density at radius 2 is 1.76 bits per heavy atom. The van der Waals surface area contributed by atoms with Gasteiger partial charge in [-0.15, -0.1) is 12.4 Å². The monoisotopic (exact) mass is 256 g/mol. The number of hydrogen-bond acceptors (Lipinski definition) is 2. The van der Waals surface area contributed by atoms with Crippen LogP contribution >= 0.6 is 12.4 Å². The van der Waals surface area contributed by atoms with Gasteiger partial charge in [0.15, 0.2) is 0 Å². The van der Waals surface area contributed by atoms with E-state index in [1.807, 2.05) is 0 Å². The maximum absolute atomic E-state index is 3.51. The van der Waals surface area contributed by atoms with Crippen molar-refractivity contribution < 1.29 is 0 Å². The maximum atomic E-state index is 3.51. The lowest BCUT2D eigenvalue weighted by Gasteiger charge is -2.23. The number of benzene rings is 1. The predicted octanol–water partition coefficient (Wildman–Crippen LogP) is 2.85. The fourth-order valence-electron chi connectivity index (χ4n) is 1.78. The second-order valence-corrected chi connectivity index (χ2v) is 4.64. The van der Waals surface area contributed by atoms with E-state index in [0.717, 1.165) is 13.1 Å². The lowest BCUT2D eigenvalue weighted by atomic mass is 10.1. The molecule has 0 aromatic heterocycles. The lowest BCUT2D eigenvalue weighted by molar-refractivity contribution is 0.276. The first-order chi connectivity index (χ1) is 7.63. The molecule has 1 unspecified atom stereocenters. The summed E-state index contributed by atoms with van der Waals surface area (Å²) in [4.78, 5) is 2.28. The van der Waals surface area contributed by atoms with E-state index in [1.54, 1.807) is 0 Å². The zero-order valence-electron chi connectivity index (χ0n) is 11.4. The fourth-order valence-corrected chi connectivity index (χ4v) is 1.78. The molecule has 2 nitrogen and oxygen atoms in total. The quantitative estimate of drug-likeness (QED) is 0.842. The molecule has 3 heteroatoms. The summed E-state index contributed by atoms with van der Waals surface area (Å²) in [6, 6.07) is 9.35. The summed E-state index contributed by atoms with van der Waals surface area (Å²) in [5.74, 6) is 0. The van der Waals surface area contributed by atoms with Crippen molar-refractivity contribution in [1.82, 2.24) is 10.2 Å². The molecule has 0 radical (unpaired) electrons. The Hall–Kier alpha value is -0.570. The van der Waals surface area contributed by atoms with Crippen LogP contribution in [0.5, 0.6) is 0 Å². The molecule has 1 rings (SSSR count). The van der Waals surface area contributed by atoms with E-state index in [0.29, 0.717) is 6.04 Å². The van der Waals surface area contributed by atoms with Gasteiger partial charge in [0.05, 0.1) is 0 Å². The molecule has 0 spiro atoms. The molecule has 0 heterocycles. The van der Waals surface area contributed by atoms with Gasteiger partial charge < -0.3 is 10.2 Å². The van der Waals surface area contributed by atoms with Gasteiger partial charge in [0.1, 0.15) is 0 Å². The predicted molar refractivity (Wildman–Crippen MR) is 77.9 cm³/mol. The van der Waals surface area contributed by atoms with Crippen LogP contribution in [0.15, 0.2) is 24.3 Å². The Labute approximate surface area is 112 Å². The highest BCUT2D eigenvalue weighted by Gasteiger charge is 2.07. The van der Waals surface area contributed by atoms with Crippen molar-refractivity contribution in [2.24, 2.45) is 0 Å². The van der Waals surface area contributed by atoms with E-state index >= 15 is 0 Å². The summed E-state index contributed by atoms with van der Waals surface area (Å²) in [6.45, 7) is 6.37. The van der Waals surface area contributed by atoms with E-state index in [9.17, 15) is 0 Å². The second kappa shape index (κ2) is 8.51. The number of nitrogens with zero attached hydrogens (tertiary/aromatic N) is 1. The standard InChI is InChI=1S/C14H24N2.ClH/c1-5-14(16(3)4)11-15-10-13-8-6-12(2)7-9-13;/h6-9,14-15H,5,10-11H2,1-4H3;1H. The molecule has 1 atom stereocenters. The molecule has 0 bridgehead atoms. The SMILES string of the molecule is CCC(CNCc1ccc(C)cc1)N(C)C.Cl. The van der Waals surface area contributed by atoms with Gasteiger partial charge in [-0.3, -0.25) is 0 Å². The first-order valence-corrected chi connectivity index (χ1v) is 6.06. The number of likely N-dealkylation sites (N-methyl/N-ethyl adjacent to an activating group) is 1. The molecule has 17 heavy (non-hydrogen) atoms. The molecule has 0 amide bonds. The summed E-state index contributed by atoms with van der Waals surface area (Å²) >= 11 is 0. The Morgan fingerprint density at radius 1 is 1.18 bits per heavy atom. The van der Waals surface area contributed by atoms with Crippen LogP contribution < -0.4 is 5.32 Å². The van der Waals surface area contributed by atoms with Gasteiger partial charge in [-0.25, -0.2) is 0 Å². The number of halogens is 1. The molecule has 98 valence electrons. The first kappa shape index (κ1) is 16.4. The molecule has 0 aliphatic rings. The molecule has 0 aliphatic carbocycles. The number of hydrogen-bond donors (Lipinski definition) is 1. The molecule has 1 aromatic rings. The van der Waals surface area contributed by atoms with Gasteiger partial charge in [0, 0.05) is 19.1 Å². The van der Waals surface area contributed by atoms with Crippen LogP contribution in [0.2, 0.25) is 0 Å². The summed E-state index contributed by atoms with van der Waals surface area (Å²) in [6.07, 6.45) is 1.19. The Morgan fingerprint density at radius 3 is 2.24 bits per heavy atom. The average Bonchev–Trinajstić information content (AvgIpc) is 2.26. The minimum Gasteiger partial charge on any atom is -0.311 e. The third kappa shape index (κ3) is 6.06. The highest BCUT2D eigenvalue weighted by molar-refractivity contribution is 5.85. The molecule has 0 saturated carbocycles. The molecule has 0 saturated heterocycles. The molecule has 1 aromatic carbocycles. The summed E-state index contributed by atoms with van der Waals surface area (Å²) < 4.78 is 0. The summed E-state index contributed by atoms with van der Waals surface area (Å²) in [5.41, 5.74) is 2.68. The van der Waals surface area contributed by atoms with Crippen LogP contribution in [-0.4, -0.2) is 31.6 Å². The number of rotatable bonds is 6. The van der Waals surface area contributed by atoms with Crippen LogP contribution in [0.4, 0.5) is 0 Å². The molecule has 0 fully saturated rings. The Kier molecular flexibility index (Phi) is 8.23. The van der Waals surface area contributed by atoms with Crippen molar-refractivity contribution in [2.45, 2.75) is 32.9 Å². The normalized spacial score (nSPS) is 12.3. The van der Waals surface area contributed by atoms with Gasteiger partial charge in [0.2, 0.25) is 0 Å². The third-order valence-electron chi connectivity index (χ3n) is 3.03. The zero-order chi connectivity index (χ0) is 12.0. The van der Waals surface area contributed by atoms with Crippen molar-refractivity contribution in [3.8, 4) is 0 Å². The van der Waals surface area contributed by atoms with Crippen molar-refractivity contribution >= 4 is 12.4 Å². The van der Waals surface area contributed by atoms with Crippen LogP contribution in [0.3, 0.4) is 0 Å². The van der Waals surface area contributed by atoms with Crippen LogP contribution in [-0.2, 0) is 6.54 Å². The Balaban J connectivity index is 0.00000256. The van der Waals surface area contributed by atoms with Crippen molar-refractivity contribution in [3.63, 3.8) is 0 Å². The van der Waals surface area contributed by atoms with Gasteiger partial charge >= 0.3 is 0 Å². The van der Waals surface area contributed by atoms with E-state index < -0.39 is 0 Å². The van der Waals surface area contributed by atoms with Crippen LogP contribution in [0.25, 0.3) is 0 Å². The molecular weight excluding hydrogens is 232 g/mol. The minimum atomic E-state index is 0. The summed E-state index contributed by atoms with van der Waals surface area (Å²) in [7, 11) is 4.28. The summed E-state index contributed by atoms with van der Waals surface area (Å²) in [5, 5.41) is 3.51. The van der Waals surface area contributed by atoms with Crippen molar-refractivity contribution in [2.75, 3.05) is 20.6 Å². The third-order valence-corrected chi connectivity index (χ3v) is 3.03. The van der Waals surface area contributed by atoms with Gasteiger partial charge in [-0.1, -0.05) is 36.8 Å². The Bertz CT molecular complexity index is 296. The minimum absolute atomic E-state index is 0. The fraction of sp³-hybridized carbons (Fsp3) is 0.571. The second-order valence-electron chi connectivity index (χ2n) is 4.64. The van der Waals surface area contributed by atoms with E-state index in [1.165, 1.54) is 17.5 Å². The molecular formula is C14H25ClN2. The van der Waals surface area contributed by atoms with E-state index in [4.69, 9.17) is 0 Å². The van der Waals surface area contributed by atoms with Crippen molar-refractivity contribution in [3.05, 3.63) is 35.4 Å². The smallest absolute Gasteiger partial charge is 0.0212 e.